The molecule has 0 aliphatic carbocycles. The summed E-state index contributed by atoms with van der Waals surface area (Å²) in [5.41, 5.74) is 0. The molecule has 0 radical (unpaired) electrons. The van der Waals surface area contributed by atoms with Gasteiger partial charge in [0, 0.05) is 17.2 Å². The van der Waals surface area contributed by atoms with Crippen LogP contribution in [-0.2, 0) is 9.53 Å². The van der Waals surface area contributed by atoms with Crippen molar-refractivity contribution >= 4 is 27.7 Å². The Labute approximate surface area is 97.2 Å². The second kappa shape index (κ2) is 6.40. The molecule has 0 saturated carbocycles. The Balaban J connectivity index is 2.26. The van der Waals surface area contributed by atoms with Crippen LogP contribution in [0, 0.1) is 0 Å². The van der Waals surface area contributed by atoms with E-state index in [0.717, 1.165) is 10.3 Å². The Kier molecular flexibility index (Phi) is 5.10. The Hall–Kier alpha value is -1.10. The molecule has 0 fully saturated rings. The SMILES string of the molecule is CCOC(=O)CCNc1ccc(Br)cn1. The summed E-state index contributed by atoms with van der Waals surface area (Å²) in [6, 6.07) is 3.73. The molecule has 5 heteroatoms. The van der Waals surface area contributed by atoms with Crippen molar-refractivity contribution in [3.05, 3.63) is 22.8 Å². The van der Waals surface area contributed by atoms with E-state index in [4.69, 9.17) is 4.74 Å². The normalized spacial score (nSPS) is 9.73. The number of aromatic nitrogens is 1. The number of esters is 1. The fourth-order valence-corrected chi connectivity index (χ4v) is 1.24. The second-order valence-electron chi connectivity index (χ2n) is 2.84. The fraction of sp³-hybridized carbons (Fsp3) is 0.400. The van der Waals surface area contributed by atoms with E-state index in [9.17, 15) is 4.79 Å². The lowest BCUT2D eigenvalue weighted by Gasteiger charge is -2.04. The van der Waals surface area contributed by atoms with E-state index in [2.05, 4.69) is 26.2 Å². The highest BCUT2D eigenvalue weighted by atomic mass is 79.9. The zero-order chi connectivity index (χ0) is 11.1. The number of halogens is 1. The maximum Gasteiger partial charge on any atom is 0.307 e. The van der Waals surface area contributed by atoms with Crippen molar-refractivity contribution < 1.29 is 9.53 Å². The van der Waals surface area contributed by atoms with Crippen LogP contribution >= 0.6 is 15.9 Å². The van der Waals surface area contributed by atoms with E-state index in [-0.39, 0.29) is 5.97 Å². The molecular formula is C10H13BrN2O2. The maximum atomic E-state index is 11.0. The van der Waals surface area contributed by atoms with Crippen molar-refractivity contribution in [2.24, 2.45) is 0 Å². The van der Waals surface area contributed by atoms with Crippen LogP contribution in [0.1, 0.15) is 13.3 Å². The van der Waals surface area contributed by atoms with Gasteiger partial charge in [-0.25, -0.2) is 4.98 Å². The summed E-state index contributed by atoms with van der Waals surface area (Å²) in [7, 11) is 0. The molecule has 0 amide bonds. The third-order valence-corrected chi connectivity index (χ3v) is 2.14. The molecule has 0 aliphatic heterocycles. The molecule has 1 aromatic rings. The minimum atomic E-state index is -0.192. The summed E-state index contributed by atoms with van der Waals surface area (Å²) in [5, 5.41) is 3.03. The summed E-state index contributed by atoms with van der Waals surface area (Å²) < 4.78 is 5.72. The van der Waals surface area contributed by atoms with Crippen LogP contribution in [0.15, 0.2) is 22.8 Å². The lowest BCUT2D eigenvalue weighted by Crippen LogP contribution is -2.11. The van der Waals surface area contributed by atoms with E-state index in [1.165, 1.54) is 0 Å². The summed E-state index contributed by atoms with van der Waals surface area (Å²) >= 11 is 3.29. The van der Waals surface area contributed by atoms with Crippen LogP contribution < -0.4 is 5.32 Å². The van der Waals surface area contributed by atoms with E-state index in [1.807, 2.05) is 12.1 Å². The molecule has 1 aromatic heterocycles. The van der Waals surface area contributed by atoms with Gasteiger partial charge in [-0.15, -0.1) is 0 Å². The zero-order valence-corrected chi connectivity index (χ0v) is 10.1. The first kappa shape index (κ1) is 12.0. The van der Waals surface area contributed by atoms with Crippen LogP contribution in [0.3, 0.4) is 0 Å². The van der Waals surface area contributed by atoms with Gasteiger partial charge in [0.05, 0.1) is 13.0 Å². The Morgan fingerprint density at radius 1 is 1.60 bits per heavy atom. The molecule has 0 aromatic carbocycles. The van der Waals surface area contributed by atoms with Gasteiger partial charge in [-0.3, -0.25) is 4.79 Å². The van der Waals surface area contributed by atoms with Crippen molar-refractivity contribution in [2.45, 2.75) is 13.3 Å². The summed E-state index contributed by atoms with van der Waals surface area (Å²) in [6.07, 6.45) is 2.05. The standard InChI is InChI=1S/C10H13BrN2O2/c1-2-15-10(14)5-6-12-9-4-3-8(11)7-13-9/h3-4,7H,2,5-6H2,1H3,(H,12,13). The molecule has 1 N–H and O–H groups in total. The van der Waals surface area contributed by atoms with Crippen molar-refractivity contribution in [1.29, 1.82) is 0 Å². The van der Waals surface area contributed by atoms with E-state index >= 15 is 0 Å². The highest BCUT2D eigenvalue weighted by Gasteiger charge is 2.00. The van der Waals surface area contributed by atoms with E-state index < -0.39 is 0 Å². The lowest BCUT2D eigenvalue weighted by molar-refractivity contribution is -0.142. The molecule has 15 heavy (non-hydrogen) atoms. The van der Waals surface area contributed by atoms with Gasteiger partial charge in [-0.2, -0.15) is 0 Å². The number of nitrogens with zero attached hydrogens (tertiary/aromatic N) is 1. The van der Waals surface area contributed by atoms with Crippen molar-refractivity contribution in [1.82, 2.24) is 4.98 Å². The number of pyridine rings is 1. The third-order valence-electron chi connectivity index (χ3n) is 1.67. The van der Waals surface area contributed by atoms with Crippen LogP contribution in [0.2, 0.25) is 0 Å². The average molecular weight is 273 g/mol. The number of carbonyl (C=O) groups is 1. The average Bonchev–Trinajstić information content (AvgIpc) is 2.21. The van der Waals surface area contributed by atoms with Gasteiger partial charge in [0.15, 0.2) is 0 Å². The quantitative estimate of drug-likeness (QED) is 0.836. The molecule has 0 unspecified atom stereocenters. The summed E-state index contributed by atoms with van der Waals surface area (Å²) in [4.78, 5) is 15.1. The number of hydrogen-bond donors (Lipinski definition) is 1. The van der Waals surface area contributed by atoms with Crippen LogP contribution in [0.25, 0.3) is 0 Å². The molecule has 4 nitrogen and oxygen atoms in total. The molecular weight excluding hydrogens is 260 g/mol. The predicted octanol–water partition coefficient (Wildman–Crippen LogP) is 2.21. The summed E-state index contributed by atoms with van der Waals surface area (Å²) in [5.74, 6) is 0.560. The second-order valence-corrected chi connectivity index (χ2v) is 3.76. The molecule has 1 heterocycles. The van der Waals surface area contributed by atoms with Gasteiger partial charge >= 0.3 is 5.97 Å². The number of nitrogens with one attached hydrogen (secondary N) is 1. The molecule has 1 rings (SSSR count). The lowest BCUT2D eigenvalue weighted by atomic mass is 10.4. The molecule has 0 atom stereocenters. The summed E-state index contributed by atoms with van der Waals surface area (Å²) in [6.45, 7) is 2.75. The number of anilines is 1. The monoisotopic (exact) mass is 272 g/mol. The van der Waals surface area contributed by atoms with Gasteiger partial charge in [0.1, 0.15) is 5.82 Å². The minimum Gasteiger partial charge on any atom is -0.466 e. The maximum absolute atomic E-state index is 11.0. The van der Waals surface area contributed by atoms with Crippen molar-refractivity contribution in [3.63, 3.8) is 0 Å². The smallest absolute Gasteiger partial charge is 0.307 e. The Bertz CT molecular complexity index is 314. The number of rotatable bonds is 5. The first-order valence-corrected chi connectivity index (χ1v) is 5.52. The molecule has 0 aliphatic rings. The Morgan fingerprint density at radius 3 is 3.00 bits per heavy atom. The van der Waals surface area contributed by atoms with Gasteiger partial charge in [0.25, 0.3) is 0 Å². The van der Waals surface area contributed by atoms with Crippen molar-refractivity contribution in [2.75, 3.05) is 18.5 Å². The molecule has 82 valence electrons. The van der Waals surface area contributed by atoms with E-state index in [0.29, 0.717) is 19.6 Å². The first-order valence-electron chi connectivity index (χ1n) is 4.73. The Morgan fingerprint density at radius 2 is 2.40 bits per heavy atom. The predicted molar refractivity (Wildman–Crippen MR) is 61.7 cm³/mol. The molecule has 0 bridgehead atoms. The highest BCUT2D eigenvalue weighted by Crippen LogP contribution is 2.10. The largest absolute Gasteiger partial charge is 0.466 e. The highest BCUT2D eigenvalue weighted by molar-refractivity contribution is 9.10. The topological polar surface area (TPSA) is 51.2 Å². The number of ether oxygens (including phenoxy) is 1. The molecule has 0 saturated heterocycles. The fourth-order valence-electron chi connectivity index (χ4n) is 1.01. The minimum absolute atomic E-state index is 0.192. The van der Waals surface area contributed by atoms with Gasteiger partial charge < -0.3 is 10.1 Å². The van der Waals surface area contributed by atoms with Gasteiger partial charge in [-0.1, -0.05) is 0 Å². The van der Waals surface area contributed by atoms with Gasteiger partial charge in [0.2, 0.25) is 0 Å². The first-order chi connectivity index (χ1) is 7.22. The van der Waals surface area contributed by atoms with E-state index in [1.54, 1.807) is 13.1 Å². The van der Waals surface area contributed by atoms with Crippen LogP contribution in [-0.4, -0.2) is 24.1 Å². The van der Waals surface area contributed by atoms with Crippen LogP contribution in [0.4, 0.5) is 5.82 Å². The number of carbonyl (C=O) groups excluding carboxylic acids is 1. The van der Waals surface area contributed by atoms with Crippen LogP contribution in [0.5, 0.6) is 0 Å². The van der Waals surface area contributed by atoms with Gasteiger partial charge in [-0.05, 0) is 35.0 Å². The number of hydrogen-bond acceptors (Lipinski definition) is 4. The molecule has 0 spiro atoms. The third kappa shape index (κ3) is 4.78. The zero-order valence-electron chi connectivity index (χ0n) is 8.50. The van der Waals surface area contributed by atoms with Crippen molar-refractivity contribution in [3.8, 4) is 0 Å².